The molecule has 0 bridgehead atoms. The van der Waals surface area contributed by atoms with Gasteiger partial charge < -0.3 is 24.8 Å². The second-order valence-electron chi connectivity index (χ2n) is 10.9. The molecule has 2 aromatic rings. The molecule has 1 aromatic carbocycles. The van der Waals surface area contributed by atoms with Gasteiger partial charge in [-0.3, -0.25) is 9.36 Å². The number of aromatic nitrogens is 1. The zero-order valence-electron chi connectivity index (χ0n) is 20.3. The molecular formula is C25H30FN3O6. The Kier molecular flexibility index (Phi) is 5.26. The van der Waals surface area contributed by atoms with E-state index < -0.39 is 40.6 Å². The van der Waals surface area contributed by atoms with E-state index in [0.29, 0.717) is 24.0 Å². The van der Waals surface area contributed by atoms with Crippen LogP contribution in [0.1, 0.15) is 63.4 Å². The number of alkyl carbamates (subject to hydrolysis) is 1. The maximum atomic E-state index is 15.5. The minimum Gasteiger partial charge on any atom is -0.487 e. The first-order chi connectivity index (χ1) is 16.4. The molecule has 1 amide bonds. The van der Waals surface area contributed by atoms with Gasteiger partial charge in [-0.15, -0.1) is 0 Å². The van der Waals surface area contributed by atoms with Gasteiger partial charge in [0.25, 0.3) is 5.56 Å². The Bertz CT molecular complexity index is 1290. The molecule has 10 heteroatoms. The Balaban J connectivity index is 1.49. The number of aromatic carboxylic acids is 1. The number of halogens is 1. The summed E-state index contributed by atoms with van der Waals surface area (Å²) in [5.74, 6) is -1.51. The summed E-state index contributed by atoms with van der Waals surface area (Å²) in [6.07, 6.45) is 1.98. The highest BCUT2D eigenvalue weighted by atomic mass is 19.1. The molecule has 1 aromatic heterocycles. The zero-order valence-corrected chi connectivity index (χ0v) is 20.3. The van der Waals surface area contributed by atoms with Gasteiger partial charge in [-0.25, -0.2) is 14.0 Å². The number of carbonyl (C=O) groups is 2. The van der Waals surface area contributed by atoms with Gasteiger partial charge in [0.2, 0.25) is 0 Å². The van der Waals surface area contributed by atoms with Crippen molar-refractivity contribution in [2.75, 3.05) is 24.6 Å². The summed E-state index contributed by atoms with van der Waals surface area (Å²) < 4.78 is 28.3. The fourth-order valence-electron chi connectivity index (χ4n) is 5.41. The van der Waals surface area contributed by atoms with E-state index in [1.807, 2.05) is 25.7 Å². The van der Waals surface area contributed by atoms with E-state index in [1.54, 1.807) is 6.92 Å². The highest BCUT2D eigenvalue weighted by Crippen LogP contribution is 2.49. The number of ether oxygens (including phenoxy) is 2. The topological polar surface area (TPSA) is 110 Å². The van der Waals surface area contributed by atoms with Crippen LogP contribution in [0, 0.1) is 11.7 Å². The minimum absolute atomic E-state index is 0.108. The lowest BCUT2D eigenvalue weighted by atomic mass is 9.96. The van der Waals surface area contributed by atoms with Gasteiger partial charge in [-0.1, -0.05) is 0 Å². The van der Waals surface area contributed by atoms with Crippen molar-refractivity contribution >= 4 is 28.7 Å². The fraction of sp³-hybridized carbons (Fsp3) is 0.560. The van der Waals surface area contributed by atoms with E-state index in [0.717, 1.165) is 19.3 Å². The molecule has 5 rings (SSSR count). The van der Waals surface area contributed by atoms with Gasteiger partial charge in [0.05, 0.1) is 11.6 Å². The molecule has 2 fully saturated rings. The van der Waals surface area contributed by atoms with E-state index in [-0.39, 0.29) is 29.5 Å². The third kappa shape index (κ3) is 3.98. The second-order valence-corrected chi connectivity index (χ2v) is 10.9. The van der Waals surface area contributed by atoms with Crippen LogP contribution in [0.15, 0.2) is 16.9 Å². The predicted molar refractivity (Wildman–Crippen MR) is 127 cm³/mol. The summed E-state index contributed by atoms with van der Waals surface area (Å²) in [4.78, 5) is 38.8. The van der Waals surface area contributed by atoms with Crippen molar-refractivity contribution in [2.45, 2.75) is 64.1 Å². The van der Waals surface area contributed by atoms with Gasteiger partial charge in [-0.2, -0.15) is 0 Å². The number of pyridine rings is 1. The summed E-state index contributed by atoms with van der Waals surface area (Å²) in [6.45, 7) is 8.42. The monoisotopic (exact) mass is 487 g/mol. The third-order valence-corrected chi connectivity index (χ3v) is 7.17. The molecule has 1 saturated heterocycles. The molecule has 2 atom stereocenters. The average Bonchev–Trinajstić information content (AvgIpc) is 3.34. The summed E-state index contributed by atoms with van der Waals surface area (Å²) >= 11 is 0. The van der Waals surface area contributed by atoms with Gasteiger partial charge in [0.1, 0.15) is 23.5 Å². The van der Waals surface area contributed by atoms with Crippen LogP contribution in [0.3, 0.4) is 0 Å². The summed E-state index contributed by atoms with van der Waals surface area (Å²) in [5.41, 5.74) is -1.30. The van der Waals surface area contributed by atoms with Gasteiger partial charge in [0.15, 0.2) is 11.6 Å². The smallest absolute Gasteiger partial charge is 0.408 e. The van der Waals surface area contributed by atoms with E-state index in [9.17, 15) is 19.5 Å². The number of rotatable bonds is 4. The molecule has 3 heterocycles. The number of nitrogens with zero attached hydrogens (tertiary/aromatic N) is 2. The van der Waals surface area contributed by atoms with Crippen LogP contribution in [-0.4, -0.2) is 52.6 Å². The van der Waals surface area contributed by atoms with Crippen molar-refractivity contribution in [3.05, 3.63) is 33.9 Å². The van der Waals surface area contributed by atoms with Crippen LogP contribution < -0.4 is 20.5 Å². The number of benzene rings is 1. The number of nitrogens with one attached hydrogen (secondary N) is 1. The molecule has 188 valence electrons. The minimum atomic E-state index is -1.35. The molecule has 2 N–H and O–H groups in total. The fourth-order valence-corrected chi connectivity index (χ4v) is 5.41. The van der Waals surface area contributed by atoms with Gasteiger partial charge >= 0.3 is 12.1 Å². The Hall–Kier alpha value is -3.30. The van der Waals surface area contributed by atoms with Crippen molar-refractivity contribution in [1.29, 1.82) is 0 Å². The van der Waals surface area contributed by atoms with Crippen LogP contribution in [0.25, 0.3) is 10.9 Å². The van der Waals surface area contributed by atoms with Crippen LogP contribution in [-0.2, 0) is 4.74 Å². The first-order valence-electron chi connectivity index (χ1n) is 11.9. The first kappa shape index (κ1) is 23.4. The number of amides is 1. The Morgan fingerprint density at radius 2 is 2.00 bits per heavy atom. The van der Waals surface area contributed by atoms with Crippen molar-refractivity contribution in [1.82, 2.24) is 9.88 Å². The molecule has 0 radical (unpaired) electrons. The average molecular weight is 488 g/mol. The Labute approximate surface area is 201 Å². The lowest BCUT2D eigenvalue weighted by Crippen LogP contribution is -2.45. The largest absolute Gasteiger partial charge is 0.487 e. The van der Waals surface area contributed by atoms with Crippen molar-refractivity contribution in [3.63, 3.8) is 0 Å². The SMILES string of the molecule is CC1COc2c(N3CC[C@@H](C4(NC(=O)OC(C)(C)C)CC4)C3)c(F)cc3cc(C(=O)O)c(=O)n1c23. The van der Waals surface area contributed by atoms with Crippen LogP contribution in [0.2, 0.25) is 0 Å². The summed E-state index contributed by atoms with van der Waals surface area (Å²) in [5, 5.41) is 12.8. The Morgan fingerprint density at radius 1 is 1.29 bits per heavy atom. The molecule has 1 aliphatic carbocycles. The highest BCUT2D eigenvalue weighted by Gasteiger charge is 2.53. The molecular weight excluding hydrogens is 457 g/mol. The Morgan fingerprint density at radius 3 is 2.63 bits per heavy atom. The molecule has 9 nitrogen and oxygen atoms in total. The molecule has 35 heavy (non-hydrogen) atoms. The molecule has 0 spiro atoms. The molecule has 1 unspecified atom stereocenters. The van der Waals surface area contributed by atoms with E-state index >= 15 is 4.39 Å². The van der Waals surface area contributed by atoms with Gasteiger partial charge in [-0.05, 0) is 59.1 Å². The quantitative estimate of drug-likeness (QED) is 0.677. The first-order valence-corrected chi connectivity index (χ1v) is 11.9. The summed E-state index contributed by atoms with van der Waals surface area (Å²) in [7, 11) is 0. The van der Waals surface area contributed by atoms with Crippen LogP contribution >= 0.6 is 0 Å². The molecule has 2 aliphatic heterocycles. The van der Waals surface area contributed by atoms with Crippen LogP contribution in [0.4, 0.5) is 14.9 Å². The zero-order chi connectivity index (χ0) is 25.3. The standard InChI is InChI=1S/C25H30FN3O6/c1-13-12-34-20-18-14(9-16(22(31)32)21(30)29(13)18)10-17(26)19(20)28-8-5-15(11-28)25(6-7-25)27-23(33)35-24(2,3)4/h9-10,13,15H,5-8,11-12H2,1-4H3,(H,27,33)(H,31,32)/t13?,15-/m1/s1. The molecule has 1 saturated carbocycles. The number of carbonyl (C=O) groups excluding carboxylic acids is 1. The number of hydrogen-bond donors (Lipinski definition) is 2. The number of anilines is 1. The summed E-state index contributed by atoms with van der Waals surface area (Å²) in [6, 6.07) is 2.09. The highest BCUT2D eigenvalue weighted by molar-refractivity contribution is 5.97. The number of hydrogen-bond acceptors (Lipinski definition) is 6. The van der Waals surface area contributed by atoms with Crippen molar-refractivity contribution in [2.24, 2.45) is 5.92 Å². The van der Waals surface area contributed by atoms with E-state index in [1.165, 1.54) is 16.7 Å². The normalized spacial score (nSPS) is 22.6. The van der Waals surface area contributed by atoms with E-state index in [2.05, 4.69) is 5.32 Å². The lowest BCUT2D eigenvalue weighted by molar-refractivity contribution is 0.0477. The number of carboxylic acid groups (broad SMARTS) is 1. The van der Waals surface area contributed by atoms with E-state index in [4.69, 9.17) is 9.47 Å². The second kappa shape index (κ2) is 7.86. The van der Waals surface area contributed by atoms with Crippen molar-refractivity contribution < 1.29 is 28.6 Å². The maximum Gasteiger partial charge on any atom is 0.408 e. The third-order valence-electron chi connectivity index (χ3n) is 7.17. The maximum absolute atomic E-state index is 15.5. The predicted octanol–water partition coefficient (Wildman–Crippen LogP) is 3.68. The van der Waals surface area contributed by atoms with Crippen LogP contribution in [0.5, 0.6) is 5.75 Å². The number of carboxylic acids is 1. The molecule has 3 aliphatic rings. The van der Waals surface area contributed by atoms with Gasteiger partial charge in [0, 0.05) is 29.9 Å². The van der Waals surface area contributed by atoms with Crippen molar-refractivity contribution in [3.8, 4) is 5.75 Å². The lowest BCUT2D eigenvalue weighted by Gasteiger charge is -2.31.